The first kappa shape index (κ1) is 13.3. The predicted molar refractivity (Wildman–Crippen MR) is 70.9 cm³/mol. The van der Waals surface area contributed by atoms with Gasteiger partial charge in [-0.3, -0.25) is 4.79 Å². The second-order valence-electron chi connectivity index (χ2n) is 5.20. The molecular weight excluding hydrogens is 216 g/mol. The standard InChI is InChI=1S/C14H20OS/c1-14(2,3)10-9-12(15)11-16-13-7-5-4-6-8-13/h4-8H,9-11H2,1-3H3. The summed E-state index contributed by atoms with van der Waals surface area (Å²) in [6.07, 6.45) is 1.67. The van der Waals surface area contributed by atoms with Crippen molar-refractivity contribution in [2.24, 2.45) is 5.41 Å². The number of carbonyl (C=O) groups is 1. The molecule has 0 unspecified atom stereocenters. The van der Waals surface area contributed by atoms with E-state index < -0.39 is 0 Å². The van der Waals surface area contributed by atoms with Gasteiger partial charge in [0.2, 0.25) is 0 Å². The quantitative estimate of drug-likeness (QED) is 0.714. The Labute approximate surface area is 103 Å². The summed E-state index contributed by atoms with van der Waals surface area (Å²) in [7, 11) is 0. The highest BCUT2D eigenvalue weighted by molar-refractivity contribution is 8.00. The second kappa shape index (κ2) is 6.09. The Morgan fingerprint density at radius 1 is 1.19 bits per heavy atom. The molecule has 0 bridgehead atoms. The molecule has 0 spiro atoms. The van der Waals surface area contributed by atoms with E-state index in [1.807, 2.05) is 30.3 Å². The number of Topliss-reactive ketones (excluding diaryl/α,β-unsaturated/α-hetero) is 1. The molecule has 16 heavy (non-hydrogen) atoms. The van der Waals surface area contributed by atoms with E-state index in [0.29, 0.717) is 18.0 Å². The van der Waals surface area contributed by atoms with Crippen molar-refractivity contribution in [2.45, 2.75) is 38.5 Å². The van der Waals surface area contributed by atoms with Gasteiger partial charge in [-0.2, -0.15) is 0 Å². The second-order valence-corrected chi connectivity index (χ2v) is 6.25. The highest BCUT2D eigenvalue weighted by Crippen LogP contribution is 2.22. The third kappa shape index (κ3) is 5.96. The van der Waals surface area contributed by atoms with Gasteiger partial charge in [-0.1, -0.05) is 39.0 Å². The summed E-state index contributed by atoms with van der Waals surface area (Å²) in [6, 6.07) is 10.1. The molecule has 0 N–H and O–H groups in total. The van der Waals surface area contributed by atoms with Crippen molar-refractivity contribution in [3.8, 4) is 0 Å². The molecule has 0 aliphatic heterocycles. The van der Waals surface area contributed by atoms with Crippen LogP contribution in [0.2, 0.25) is 0 Å². The molecule has 0 atom stereocenters. The Kier molecular flexibility index (Phi) is 5.07. The van der Waals surface area contributed by atoms with Gasteiger partial charge < -0.3 is 0 Å². The van der Waals surface area contributed by atoms with Crippen LogP contribution in [0.4, 0.5) is 0 Å². The van der Waals surface area contributed by atoms with Gasteiger partial charge in [0.15, 0.2) is 0 Å². The largest absolute Gasteiger partial charge is 0.299 e. The number of carbonyl (C=O) groups excluding carboxylic acids is 1. The molecule has 0 aliphatic carbocycles. The smallest absolute Gasteiger partial charge is 0.143 e. The molecule has 0 heterocycles. The van der Waals surface area contributed by atoms with Crippen LogP contribution < -0.4 is 0 Å². The molecule has 1 aromatic rings. The highest BCUT2D eigenvalue weighted by atomic mass is 32.2. The Morgan fingerprint density at radius 3 is 2.38 bits per heavy atom. The molecule has 0 radical (unpaired) electrons. The van der Waals surface area contributed by atoms with E-state index in [0.717, 1.165) is 6.42 Å². The van der Waals surface area contributed by atoms with Crippen LogP contribution in [0.25, 0.3) is 0 Å². The first-order valence-corrected chi connectivity index (χ1v) is 6.65. The van der Waals surface area contributed by atoms with E-state index >= 15 is 0 Å². The summed E-state index contributed by atoms with van der Waals surface area (Å²) < 4.78 is 0. The molecule has 88 valence electrons. The van der Waals surface area contributed by atoms with Crippen molar-refractivity contribution in [2.75, 3.05) is 5.75 Å². The maximum Gasteiger partial charge on any atom is 0.143 e. The van der Waals surface area contributed by atoms with Crippen molar-refractivity contribution in [3.05, 3.63) is 30.3 Å². The maximum absolute atomic E-state index is 11.6. The van der Waals surface area contributed by atoms with Crippen LogP contribution >= 0.6 is 11.8 Å². The number of thioether (sulfide) groups is 1. The van der Waals surface area contributed by atoms with E-state index in [-0.39, 0.29) is 5.41 Å². The number of rotatable bonds is 5. The molecular formula is C14H20OS. The Morgan fingerprint density at radius 2 is 1.81 bits per heavy atom. The minimum absolute atomic E-state index is 0.257. The maximum atomic E-state index is 11.6. The summed E-state index contributed by atoms with van der Waals surface area (Å²) >= 11 is 1.63. The van der Waals surface area contributed by atoms with Crippen LogP contribution in [0.3, 0.4) is 0 Å². The summed E-state index contributed by atoms with van der Waals surface area (Å²) in [5.74, 6) is 0.948. The first-order chi connectivity index (χ1) is 7.47. The molecule has 0 amide bonds. The van der Waals surface area contributed by atoms with Gasteiger partial charge in [0.25, 0.3) is 0 Å². The molecule has 0 aromatic heterocycles. The van der Waals surface area contributed by atoms with E-state index in [4.69, 9.17) is 0 Å². The van der Waals surface area contributed by atoms with E-state index in [1.165, 1.54) is 4.90 Å². The number of ketones is 1. The molecule has 0 fully saturated rings. The monoisotopic (exact) mass is 236 g/mol. The van der Waals surface area contributed by atoms with Crippen molar-refractivity contribution in [1.82, 2.24) is 0 Å². The summed E-state index contributed by atoms with van der Waals surface area (Å²) in [5, 5.41) is 0. The van der Waals surface area contributed by atoms with Gasteiger partial charge in [0.05, 0.1) is 5.75 Å². The number of hydrogen-bond acceptors (Lipinski definition) is 2. The molecule has 0 saturated carbocycles. The third-order valence-corrected chi connectivity index (χ3v) is 3.37. The summed E-state index contributed by atoms with van der Waals surface area (Å²) in [5.41, 5.74) is 0.257. The van der Waals surface area contributed by atoms with Crippen LogP contribution in [0.15, 0.2) is 35.2 Å². The zero-order valence-corrected chi connectivity index (χ0v) is 11.1. The molecule has 1 aromatic carbocycles. The SMILES string of the molecule is CC(C)(C)CCC(=O)CSc1ccccc1. The predicted octanol–water partition coefficient (Wildman–Crippen LogP) is 4.17. The minimum atomic E-state index is 0.257. The average Bonchev–Trinajstić information content (AvgIpc) is 2.24. The lowest BCUT2D eigenvalue weighted by molar-refractivity contribution is -0.117. The highest BCUT2D eigenvalue weighted by Gasteiger charge is 2.12. The minimum Gasteiger partial charge on any atom is -0.299 e. The normalized spacial score (nSPS) is 11.4. The van der Waals surface area contributed by atoms with Crippen LogP contribution in [-0.4, -0.2) is 11.5 Å². The van der Waals surface area contributed by atoms with Gasteiger partial charge in [-0.15, -0.1) is 11.8 Å². The fourth-order valence-electron chi connectivity index (χ4n) is 1.27. The van der Waals surface area contributed by atoms with Gasteiger partial charge in [0.1, 0.15) is 5.78 Å². The zero-order valence-electron chi connectivity index (χ0n) is 10.3. The fraction of sp³-hybridized carbons (Fsp3) is 0.500. The lowest BCUT2D eigenvalue weighted by Crippen LogP contribution is -2.10. The molecule has 1 rings (SSSR count). The van der Waals surface area contributed by atoms with Crippen LogP contribution in [-0.2, 0) is 4.79 Å². The van der Waals surface area contributed by atoms with Gasteiger partial charge in [0, 0.05) is 11.3 Å². The summed E-state index contributed by atoms with van der Waals surface area (Å²) in [6.45, 7) is 6.51. The molecule has 1 nitrogen and oxygen atoms in total. The van der Waals surface area contributed by atoms with Crippen molar-refractivity contribution >= 4 is 17.5 Å². The molecule has 0 aliphatic rings. The van der Waals surface area contributed by atoms with E-state index in [1.54, 1.807) is 11.8 Å². The van der Waals surface area contributed by atoms with Crippen molar-refractivity contribution < 1.29 is 4.79 Å². The van der Waals surface area contributed by atoms with Gasteiger partial charge in [-0.25, -0.2) is 0 Å². The van der Waals surface area contributed by atoms with E-state index in [2.05, 4.69) is 20.8 Å². The Hall–Kier alpha value is -0.760. The van der Waals surface area contributed by atoms with Crippen LogP contribution in [0, 0.1) is 5.41 Å². The number of hydrogen-bond donors (Lipinski definition) is 0. The Bertz CT molecular complexity index is 324. The summed E-state index contributed by atoms with van der Waals surface area (Å²) in [4.78, 5) is 12.8. The van der Waals surface area contributed by atoms with Crippen molar-refractivity contribution in [3.63, 3.8) is 0 Å². The lowest BCUT2D eigenvalue weighted by atomic mass is 9.90. The average molecular weight is 236 g/mol. The van der Waals surface area contributed by atoms with Gasteiger partial charge in [-0.05, 0) is 24.0 Å². The first-order valence-electron chi connectivity index (χ1n) is 5.67. The van der Waals surface area contributed by atoms with Crippen LogP contribution in [0.1, 0.15) is 33.6 Å². The fourth-order valence-corrected chi connectivity index (χ4v) is 2.09. The molecule has 2 heteroatoms. The molecule has 0 saturated heterocycles. The van der Waals surface area contributed by atoms with Crippen molar-refractivity contribution in [1.29, 1.82) is 0 Å². The van der Waals surface area contributed by atoms with Crippen LogP contribution in [0.5, 0.6) is 0 Å². The third-order valence-electron chi connectivity index (χ3n) is 2.30. The Balaban J connectivity index is 2.26. The van der Waals surface area contributed by atoms with Gasteiger partial charge >= 0.3 is 0 Å². The topological polar surface area (TPSA) is 17.1 Å². The lowest BCUT2D eigenvalue weighted by Gasteiger charge is -2.16. The number of benzene rings is 1. The zero-order chi connectivity index (χ0) is 12.0. The van der Waals surface area contributed by atoms with E-state index in [9.17, 15) is 4.79 Å².